The standard InChI is InChI=1S/C23H34N4O3/c1-25(2)23(18-7-4-3-5-8-18)13-11-21(12-14-23)16-26(15-19(24)28)20(29)27(21)17-22(30)9-6-10-22/h3-5,7-8,30H,6,9-17H2,1-2H3,(H2,24,28)/t21-,23-. The third kappa shape index (κ3) is 3.48. The Balaban J connectivity index is 1.61. The highest BCUT2D eigenvalue weighted by Gasteiger charge is 2.56. The monoisotopic (exact) mass is 414 g/mol. The van der Waals surface area contributed by atoms with E-state index in [1.54, 1.807) is 4.90 Å². The predicted molar refractivity (Wildman–Crippen MR) is 115 cm³/mol. The Morgan fingerprint density at radius 3 is 2.23 bits per heavy atom. The topological polar surface area (TPSA) is 90.1 Å². The second-order valence-electron chi connectivity index (χ2n) is 9.79. The van der Waals surface area contributed by atoms with Crippen LogP contribution in [-0.2, 0) is 10.3 Å². The molecule has 2 aliphatic carbocycles. The molecule has 2 saturated carbocycles. The van der Waals surface area contributed by atoms with Gasteiger partial charge in [-0.25, -0.2) is 4.79 Å². The summed E-state index contributed by atoms with van der Waals surface area (Å²) < 4.78 is 0. The van der Waals surface area contributed by atoms with Crippen molar-refractivity contribution in [3.05, 3.63) is 35.9 Å². The van der Waals surface area contributed by atoms with Gasteiger partial charge < -0.3 is 20.6 Å². The number of benzene rings is 1. The Hall–Kier alpha value is -2.12. The van der Waals surface area contributed by atoms with Crippen LogP contribution in [-0.4, -0.2) is 76.6 Å². The van der Waals surface area contributed by atoms with Gasteiger partial charge >= 0.3 is 6.03 Å². The van der Waals surface area contributed by atoms with E-state index in [0.717, 1.165) is 44.9 Å². The number of primary amides is 1. The zero-order valence-electron chi connectivity index (χ0n) is 18.1. The molecule has 3 amide bonds. The Labute approximate surface area is 178 Å². The number of carbonyl (C=O) groups is 2. The molecule has 1 aliphatic heterocycles. The first-order valence-corrected chi connectivity index (χ1v) is 11.0. The molecule has 1 spiro atoms. The van der Waals surface area contributed by atoms with E-state index in [2.05, 4.69) is 43.3 Å². The zero-order chi connectivity index (χ0) is 21.6. The van der Waals surface area contributed by atoms with Crippen molar-refractivity contribution < 1.29 is 14.7 Å². The fourth-order valence-corrected chi connectivity index (χ4v) is 5.77. The smallest absolute Gasteiger partial charge is 0.321 e. The maximum absolute atomic E-state index is 13.2. The van der Waals surface area contributed by atoms with Gasteiger partial charge in [-0.05, 0) is 64.6 Å². The summed E-state index contributed by atoms with van der Waals surface area (Å²) >= 11 is 0. The van der Waals surface area contributed by atoms with Crippen molar-refractivity contribution in [3.8, 4) is 0 Å². The van der Waals surface area contributed by atoms with E-state index in [9.17, 15) is 14.7 Å². The van der Waals surface area contributed by atoms with Crippen molar-refractivity contribution in [1.82, 2.24) is 14.7 Å². The lowest BCUT2D eigenvalue weighted by Crippen LogP contribution is -2.59. The van der Waals surface area contributed by atoms with Gasteiger partial charge in [0.1, 0.15) is 6.54 Å². The average molecular weight is 415 g/mol. The quantitative estimate of drug-likeness (QED) is 0.744. The van der Waals surface area contributed by atoms with Gasteiger partial charge in [-0.2, -0.15) is 0 Å². The molecule has 7 nitrogen and oxygen atoms in total. The number of urea groups is 1. The van der Waals surface area contributed by atoms with Gasteiger partial charge in [0.2, 0.25) is 5.91 Å². The summed E-state index contributed by atoms with van der Waals surface area (Å²) in [7, 11) is 4.25. The van der Waals surface area contributed by atoms with Gasteiger partial charge in [-0.1, -0.05) is 30.3 Å². The SMILES string of the molecule is CN(C)[C@]1(c2ccccc2)CC[C@@]2(CC1)CN(CC(N)=O)C(=O)N2CC1(O)CCC1. The highest BCUT2D eigenvalue weighted by atomic mass is 16.3. The van der Waals surface area contributed by atoms with Crippen LogP contribution in [0.25, 0.3) is 0 Å². The first-order chi connectivity index (χ1) is 14.2. The van der Waals surface area contributed by atoms with E-state index in [0.29, 0.717) is 13.1 Å². The number of hydrogen-bond donors (Lipinski definition) is 2. The Kier molecular flexibility index (Phi) is 5.31. The van der Waals surface area contributed by atoms with Gasteiger partial charge in [0, 0.05) is 12.1 Å². The van der Waals surface area contributed by atoms with Crippen molar-refractivity contribution in [2.24, 2.45) is 5.73 Å². The molecule has 3 fully saturated rings. The van der Waals surface area contributed by atoms with Crippen LogP contribution in [0.4, 0.5) is 4.79 Å². The van der Waals surface area contributed by atoms with Crippen LogP contribution in [0.3, 0.4) is 0 Å². The minimum Gasteiger partial charge on any atom is -0.388 e. The van der Waals surface area contributed by atoms with E-state index in [-0.39, 0.29) is 23.7 Å². The van der Waals surface area contributed by atoms with Gasteiger partial charge in [0.05, 0.1) is 17.7 Å². The van der Waals surface area contributed by atoms with Gasteiger partial charge in [-0.15, -0.1) is 0 Å². The summed E-state index contributed by atoms with van der Waals surface area (Å²) in [4.78, 5) is 30.5. The summed E-state index contributed by atoms with van der Waals surface area (Å²) in [6.45, 7) is 0.789. The van der Waals surface area contributed by atoms with Crippen molar-refractivity contribution in [2.45, 2.75) is 61.6 Å². The van der Waals surface area contributed by atoms with Crippen LogP contribution in [0.15, 0.2) is 30.3 Å². The minimum absolute atomic E-state index is 0.0625. The molecule has 0 unspecified atom stereocenters. The predicted octanol–water partition coefficient (Wildman–Crippen LogP) is 1.89. The number of amides is 3. The van der Waals surface area contributed by atoms with E-state index < -0.39 is 11.5 Å². The first-order valence-electron chi connectivity index (χ1n) is 11.0. The molecule has 3 aliphatic rings. The minimum atomic E-state index is -0.791. The van der Waals surface area contributed by atoms with Gasteiger partial charge in [0.25, 0.3) is 0 Å². The maximum Gasteiger partial charge on any atom is 0.321 e. The van der Waals surface area contributed by atoms with E-state index in [1.807, 2.05) is 11.0 Å². The van der Waals surface area contributed by atoms with Crippen LogP contribution in [0.1, 0.15) is 50.5 Å². The van der Waals surface area contributed by atoms with Crippen LogP contribution in [0.2, 0.25) is 0 Å². The van der Waals surface area contributed by atoms with Crippen molar-refractivity contribution >= 4 is 11.9 Å². The Morgan fingerprint density at radius 2 is 1.73 bits per heavy atom. The second-order valence-corrected chi connectivity index (χ2v) is 9.79. The van der Waals surface area contributed by atoms with Gasteiger partial charge in [-0.3, -0.25) is 9.69 Å². The van der Waals surface area contributed by atoms with E-state index in [4.69, 9.17) is 5.73 Å². The molecule has 1 aromatic carbocycles. The molecule has 1 aromatic rings. The first kappa shape index (κ1) is 21.1. The highest BCUT2D eigenvalue weighted by molar-refractivity contribution is 5.85. The van der Waals surface area contributed by atoms with E-state index in [1.165, 1.54) is 5.56 Å². The zero-order valence-corrected chi connectivity index (χ0v) is 18.1. The van der Waals surface area contributed by atoms with Crippen molar-refractivity contribution in [2.75, 3.05) is 33.7 Å². The lowest BCUT2D eigenvalue weighted by molar-refractivity contribution is -0.118. The number of β-amino-alcohol motifs (C(OH)–C–C–N with tert-alkyl or cyclic N) is 1. The number of rotatable bonds is 6. The maximum atomic E-state index is 13.2. The average Bonchev–Trinajstić information content (AvgIpc) is 2.93. The fourth-order valence-electron chi connectivity index (χ4n) is 5.77. The third-order valence-corrected chi connectivity index (χ3v) is 7.82. The van der Waals surface area contributed by atoms with Crippen molar-refractivity contribution in [1.29, 1.82) is 0 Å². The number of carbonyl (C=O) groups excluding carboxylic acids is 2. The van der Waals surface area contributed by atoms with Crippen LogP contribution in [0, 0.1) is 0 Å². The lowest BCUT2D eigenvalue weighted by Gasteiger charge is -2.52. The molecule has 1 saturated heterocycles. The Bertz CT molecular complexity index is 798. The van der Waals surface area contributed by atoms with Crippen LogP contribution in [0.5, 0.6) is 0 Å². The third-order valence-electron chi connectivity index (χ3n) is 7.82. The molecule has 0 radical (unpaired) electrons. The number of hydrogen-bond acceptors (Lipinski definition) is 4. The number of aliphatic hydroxyl groups is 1. The normalized spacial score (nSPS) is 30.7. The summed E-state index contributed by atoms with van der Waals surface area (Å²) in [6, 6.07) is 10.4. The summed E-state index contributed by atoms with van der Waals surface area (Å²) in [6.07, 6.45) is 5.94. The molecule has 7 heteroatoms. The molecule has 164 valence electrons. The van der Waals surface area contributed by atoms with E-state index >= 15 is 0 Å². The largest absolute Gasteiger partial charge is 0.388 e. The molecule has 0 bridgehead atoms. The molecule has 1 heterocycles. The van der Waals surface area contributed by atoms with Crippen LogP contribution < -0.4 is 5.73 Å². The fraction of sp³-hybridized carbons (Fsp3) is 0.652. The van der Waals surface area contributed by atoms with Crippen molar-refractivity contribution in [3.63, 3.8) is 0 Å². The number of nitrogens with zero attached hydrogens (tertiary/aromatic N) is 3. The lowest BCUT2D eigenvalue weighted by atomic mass is 9.67. The Morgan fingerprint density at radius 1 is 1.10 bits per heavy atom. The van der Waals surface area contributed by atoms with Gasteiger partial charge in [0.15, 0.2) is 0 Å². The number of nitrogens with two attached hydrogens (primary N) is 1. The molecular formula is C23H34N4O3. The molecular weight excluding hydrogens is 380 g/mol. The second kappa shape index (κ2) is 7.54. The molecule has 0 atom stereocenters. The summed E-state index contributed by atoms with van der Waals surface area (Å²) in [5.74, 6) is -0.495. The summed E-state index contributed by atoms with van der Waals surface area (Å²) in [5, 5.41) is 10.8. The van der Waals surface area contributed by atoms with Crippen LogP contribution >= 0.6 is 0 Å². The molecule has 30 heavy (non-hydrogen) atoms. The highest BCUT2D eigenvalue weighted by Crippen LogP contribution is 2.49. The summed E-state index contributed by atoms with van der Waals surface area (Å²) in [5.41, 5.74) is 5.49. The molecule has 4 rings (SSSR count). The molecule has 3 N–H and O–H groups in total. The molecule has 0 aromatic heterocycles.